The van der Waals surface area contributed by atoms with Gasteiger partial charge in [0.25, 0.3) is 5.91 Å². The van der Waals surface area contributed by atoms with Crippen molar-refractivity contribution in [2.75, 3.05) is 5.32 Å². The molecule has 0 atom stereocenters. The maximum absolute atomic E-state index is 12.9. The summed E-state index contributed by atoms with van der Waals surface area (Å²) in [5.74, 6) is -0.281. The van der Waals surface area contributed by atoms with Crippen LogP contribution in [-0.4, -0.2) is 31.1 Å². The Labute approximate surface area is 118 Å². The predicted octanol–water partition coefficient (Wildman–Crippen LogP) is 1.65. The van der Waals surface area contributed by atoms with Crippen molar-refractivity contribution < 1.29 is 9.18 Å². The van der Waals surface area contributed by atoms with Crippen LogP contribution in [0.3, 0.4) is 0 Å². The van der Waals surface area contributed by atoms with Gasteiger partial charge in [-0.1, -0.05) is 0 Å². The molecule has 7 nitrogen and oxygen atoms in total. The van der Waals surface area contributed by atoms with Crippen LogP contribution in [0.2, 0.25) is 0 Å². The lowest BCUT2D eigenvalue weighted by molar-refractivity contribution is 0.102. The maximum Gasteiger partial charge on any atom is 0.278 e. The summed E-state index contributed by atoms with van der Waals surface area (Å²) in [6, 6.07) is 5.75. The van der Waals surface area contributed by atoms with E-state index < -0.39 is 5.91 Å². The number of halogens is 1. The molecule has 0 unspecified atom stereocenters. The van der Waals surface area contributed by atoms with Crippen molar-refractivity contribution in [2.45, 2.75) is 0 Å². The summed E-state index contributed by atoms with van der Waals surface area (Å²) in [7, 11) is 0. The van der Waals surface area contributed by atoms with Crippen LogP contribution in [0.4, 0.5) is 10.3 Å². The van der Waals surface area contributed by atoms with Crippen LogP contribution in [0.15, 0.2) is 42.9 Å². The van der Waals surface area contributed by atoms with Gasteiger partial charge in [0, 0.05) is 18.0 Å². The number of hydrogen-bond acceptors (Lipinski definition) is 5. The minimum Gasteiger partial charge on any atom is -0.288 e. The van der Waals surface area contributed by atoms with Crippen molar-refractivity contribution in [1.29, 1.82) is 0 Å². The monoisotopic (exact) mass is 284 g/mol. The van der Waals surface area contributed by atoms with Gasteiger partial charge in [0.15, 0.2) is 5.82 Å². The molecule has 1 aromatic carbocycles. The van der Waals surface area contributed by atoms with Crippen LogP contribution in [0.25, 0.3) is 11.4 Å². The van der Waals surface area contributed by atoms with Crippen molar-refractivity contribution in [3.8, 4) is 11.4 Å². The van der Waals surface area contributed by atoms with Crippen molar-refractivity contribution in [1.82, 2.24) is 25.1 Å². The van der Waals surface area contributed by atoms with Gasteiger partial charge < -0.3 is 0 Å². The Balaban J connectivity index is 1.76. The minimum absolute atomic E-state index is 0.102. The van der Waals surface area contributed by atoms with E-state index in [1.165, 1.54) is 30.7 Å². The molecule has 21 heavy (non-hydrogen) atoms. The van der Waals surface area contributed by atoms with Crippen LogP contribution in [0.1, 0.15) is 10.5 Å². The number of carbonyl (C=O) groups is 1. The summed E-state index contributed by atoms with van der Waals surface area (Å²) in [4.78, 5) is 23.6. The largest absolute Gasteiger partial charge is 0.288 e. The number of aromatic nitrogens is 5. The number of carbonyl (C=O) groups excluding carboxylic acids is 1. The Kier molecular flexibility index (Phi) is 3.34. The molecule has 3 aromatic rings. The minimum atomic E-state index is -0.465. The molecule has 0 spiro atoms. The quantitative estimate of drug-likeness (QED) is 0.762. The van der Waals surface area contributed by atoms with Gasteiger partial charge in [-0.25, -0.2) is 9.37 Å². The normalized spacial score (nSPS) is 10.3. The fourth-order valence-corrected chi connectivity index (χ4v) is 1.64. The van der Waals surface area contributed by atoms with E-state index in [1.54, 1.807) is 12.1 Å². The number of amides is 1. The molecular formula is C13H9FN6O. The summed E-state index contributed by atoms with van der Waals surface area (Å²) in [5, 5.41) is 9.03. The number of nitrogens with one attached hydrogen (secondary N) is 2. The second kappa shape index (κ2) is 5.45. The van der Waals surface area contributed by atoms with Gasteiger partial charge in [0.1, 0.15) is 11.5 Å². The molecule has 104 valence electrons. The number of nitrogens with zero attached hydrogens (tertiary/aromatic N) is 4. The van der Waals surface area contributed by atoms with Gasteiger partial charge in [-0.15, -0.1) is 5.10 Å². The van der Waals surface area contributed by atoms with E-state index in [-0.39, 0.29) is 17.5 Å². The molecule has 0 aliphatic heterocycles. The average molecular weight is 284 g/mol. The highest BCUT2D eigenvalue weighted by Crippen LogP contribution is 2.16. The fraction of sp³-hybridized carbons (Fsp3) is 0. The van der Waals surface area contributed by atoms with E-state index in [0.29, 0.717) is 11.4 Å². The van der Waals surface area contributed by atoms with Gasteiger partial charge >= 0.3 is 0 Å². The Hall–Kier alpha value is -3.16. The second-order valence-corrected chi connectivity index (χ2v) is 4.06. The zero-order valence-corrected chi connectivity index (χ0v) is 10.6. The van der Waals surface area contributed by atoms with E-state index in [1.807, 2.05) is 0 Å². The average Bonchev–Trinajstić information content (AvgIpc) is 2.97. The zero-order valence-electron chi connectivity index (χ0n) is 10.6. The number of anilines is 1. The van der Waals surface area contributed by atoms with Gasteiger partial charge in [-0.05, 0) is 24.3 Å². The molecule has 0 saturated carbocycles. The molecule has 2 aromatic heterocycles. The first-order valence-corrected chi connectivity index (χ1v) is 5.98. The fourth-order valence-electron chi connectivity index (χ4n) is 1.64. The van der Waals surface area contributed by atoms with E-state index in [0.717, 1.165) is 0 Å². The third kappa shape index (κ3) is 2.89. The second-order valence-electron chi connectivity index (χ2n) is 4.06. The number of benzene rings is 1. The molecule has 3 rings (SSSR count). The van der Waals surface area contributed by atoms with Gasteiger partial charge in [0.05, 0.1) is 6.20 Å². The van der Waals surface area contributed by atoms with Crippen molar-refractivity contribution in [3.63, 3.8) is 0 Å². The summed E-state index contributed by atoms with van der Waals surface area (Å²) in [6.07, 6.45) is 4.22. The molecular weight excluding hydrogens is 275 g/mol. The molecule has 2 heterocycles. The Morgan fingerprint density at radius 2 is 2.00 bits per heavy atom. The SMILES string of the molecule is O=C(Nc1n[nH]c(-c2ccc(F)cc2)n1)c1cnccn1. The van der Waals surface area contributed by atoms with Gasteiger partial charge in [0.2, 0.25) is 5.95 Å². The summed E-state index contributed by atoms with van der Waals surface area (Å²) >= 11 is 0. The van der Waals surface area contributed by atoms with Crippen molar-refractivity contribution in [3.05, 3.63) is 54.4 Å². The van der Waals surface area contributed by atoms with E-state index in [2.05, 4.69) is 30.5 Å². The molecule has 0 radical (unpaired) electrons. The Morgan fingerprint density at radius 1 is 1.19 bits per heavy atom. The molecule has 0 bridgehead atoms. The first-order chi connectivity index (χ1) is 10.2. The molecule has 1 amide bonds. The van der Waals surface area contributed by atoms with Gasteiger partial charge in [-0.3, -0.25) is 20.2 Å². The number of H-pyrrole nitrogens is 1. The molecule has 2 N–H and O–H groups in total. The van der Waals surface area contributed by atoms with E-state index >= 15 is 0 Å². The third-order valence-electron chi connectivity index (χ3n) is 2.62. The first-order valence-electron chi connectivity index (χ1n) is 5.98. The molecule has 0 aliphatic carbocycles. The van der Waals surface area contributed by atoms with E-state index in [4.69, 9.17) is 0 Å². The topological polar surface area (TPSA) is 96.5 Å². The predicted molar refractivity (Wildman–Crippen MR) is 71.8 cm³/mol. The smallest absolute Gasteiger partial charge is 0.278 e. The molecule has 0 saturated heterocycles. The Morgan fingerprint density at radius 3 is 2.71 bits per heavy atom. The lowest BCUT2D eigenvalue weighted by Crippen LogP contribution is -2.14. The summed E-state index contributed by atoms with van der Waals surface area (Å²) < 4.78 is 12.9. The van der Waals surface area contributed by atoms with Crippen LogP contribution < -0.4 is 5.32 Å². The Bertz CT molecular complexity index is 756. The van der Waals surface area contributed by atoms with Crippen LogP contribution in [-0.2, 0) is 0 Å². The first kappa shape index (κ1) is 12.9. The van der Waals surface area contributed by atoms with Crippen LogP contribution in [0, 0.1) is 5.82 Å². The molecule has 0 fully saturated rings. The summed E-state index contributed by atoms with van der Waals surface area (Å²) in [6.45, 7) is 0. The number of aromatic amines is 1. The lowest BCUT2D eigenvalue weighted by atomic mass is 10.2. The standard InChI is InChI=1S/C13H9FN6O/c14-9-3-1-8(2-4-9)11-17-13(20-19-11)18-12(21)10-7-15-5-6-16-10/h1-7H,(H2,17,18,19,20,21). The van der Waals surface area contributed by atoms with Gasteiger partial charge in [-0.2, -0.15) is 4.98 Å². The highest BCUT2D eigenvalue weighted by Gasteiger charge is 2.11. The van der Waals surface area contributed by atoms with E-state index in [9.17, 15) is 9.18 Å². The zero-order chi connectivity index (χ0) is 14.7. The lowest BCUT2D eigenvalue weighted by Gasteiger charge is -1.98. The highest BCUT2D eigenvalue weighted by atomic mass is 19.1. The highest BCUT2D eigenvalue weighted by molar-refractivity contribution is 6.01. The number of hydrogen-bond donors (Lipinski definition) is 2. The maximum atomic E-state index is 12.9. The molecule has 0 aliphatic rings. The van der Waals surface area contributed by atoms with Crippen LogP contribution >= 0.6 is 0 Å². The van der Waals surface area contributed by atoms with Crippen LogP contribution in [0.5, 0.6) is 0 Å². The third-order valence-corrected chi connectivity index (χ3v) is 2.62. The number of rotatable bonds is 3. The van der Waals surface area contributed by atoms with Crippen molar-refractivity contribution in [2.24, 2.45) is 0 Å². The summed E-state index contributed by atoms with van der Waals surface area (Å²) in [5.41, 5.74) is 0.814. The van der Waals surface area contributed by atoms with Crippen molar-refractivity contribution >= 4 is 11.9 Å². The molecule has 8 heteroatoms.